The molecule has 0 N–H and O–H groups in total. The number of benzene rings is 5. The third-order valence-corrected chi connectivity index (χ3v) is 11.1. The molecular formula is C43H30IrN2S2-2. The van der Waals surface area contributed by atoms with E-state index in [9.17, 15) is 0 Å². The number of thiophene rings is 2. The number of rotatable bonds is 3. The number of hydrogen-bond acceptors (Lipinski definition) is 4. The third-order valence-electron chi connectivity index (χ3n) is 8.66. The average Bonchev–Trinajstić information content (AvgIpc) is 3.69. The summed E-state index contributed by atoms with van der Waals surface area (Å²) in [5.74, 6) is 0. The first-order valence-electron chi connectivity index (χ1n) is 15.6. The Morgan fingerprint density at radius 2 is 1.29 bits per heavy atom. The van der Waals surface area contributed by atoms with Crippen molar-refractivity contribution in [1.82, 2.24) is 9.97 Å². The molecule has 1 radical (unpaired) electrons. The number of aryl methyl sites for hydroxylation is 3. The molecule has 2 nitrogen and oxygen atoms in total. The van der Waals surface area contributed by atoms with E-state index in [1.165, 1.54) is 68.2 Å². The Morgan fingerprint density at radius 3 is 2.04 bits per heavy atom. The van der Waals surface area contributed by atoms with Gasteiger partial charge in [-0.25, -0.2) is 0 Å². The van der Waals surface area contributed by atoms with Gasteiger partial charge in [-0.1, -0.05) is 61.0 Å². The van der Waals surface area contributed by atoms with E-state index in [1.54, 1.807) is 0 Å². The van der Waals surface area contributed by atoms with Gasteiger partial charge in [0.25, 0.3) is 0 Å². The molecule has 4 aromatic heterocycles. The molecule has 235 valence electrons. The minimum Gasteiger partial charge on any atom is -0.305 e. The quantitative estimate of drug-likeness (QED) is 0.166. The SMILES string of the molecule is Cc1c[c-]c(-c2cc(C)c(C)cn2)cc1.[Ir].[c-]1ccccc1-c1cc(-c2cc3c4ccccc4sc3c3c2sc2ccccc23)ccn1. The Balaban J connectivity index is 0.000000193. The first kappa shape index (κ1) is 32.1. The summed E-state index contributed by atoms with van der Waals surface area (Å²) >= 11 is 3.79. The van der Waals surface area contributed by atoms with Crippen LogP contribution in [-0.4, -0.2) is 9.97 Å². The van der Waals surface area contributed by atoms with Gasteiger partial charge in [0.05, 0.1) is 0 Å². The second-order valence-corrected chi connectivity index (χ2v) is 13.9. The van der Waals surface area contributed by atoms with E-state index >= 15 is 0 Å². The monoisotopic (exact) mass is 831 g/mol. The third kappa shape index (κ3) is 6.00. The van der Waals surface area contributed by atoms with Crippen molar-refractivity contribution in [3.05, 3.63) is 156 Å². The molecule has 0 saturated heterocycles. The molecule has 48 heavy (non-hydrogen) atoms. The van der Waals surface area contributed by atoms with E-state index in [0.29, 0.717) is 0 Å². The predicted molar refractivity (Wildman–Crippen MR) is 202 cm³/mol. The van der Waals surface area contributed by atoms with Crippen LogP contribution in [0.2, 0.25) is 0 Å². The zero-order chi connectivity index (χ0) is 31.9. The smallest absolute Gasteiger partial charge is 0.0449 e. The average molecular weight is 831 g/mol. The van der Waals surface area contributed by atoms with E-state index in [1.807, 2.05) is 59.3 Å². The number of hydrogen-bond donors (Lipinski definition) is 0. The van der Waals surface area contributed by atoms with E-state index in [2.05, 4.69) is 134 Å². The fourth-order valence-corrected chi connectivity index (χ4v) is 8.57. The van der Waals surface area contributed by atoms with E-state index in [4.69, 9.17) is 0 Å². The molecule has 5 aromatic carbocycles. The van der Waals surface area contributed by atoms with Crippen molar-refractivity contribution in [2.75, 3.05) is 0 Å². The minimum absolute atomic E-state index is 0. The molecule has 0 amide bonds. The Morgan fingerprint density at radius 1 is 0.583 bits per heavy atom. The maximum absolute atomic E-state index is 4.63. The first-order valence-corrected chi connectivity index (χ1v) is 17.3. The van der Waals surface area contributed by atoms with Crippen molar-refractivity contribution >= 4 is 63.0 Å². The molecule has 0 aliphatic heterocycles. The Kier molecular flexibility index (Phi) is 9.04. The first-order chi connectivity index (χ1) is 23.0. The van der Waals surface area contributed by atoms with Crippen LogP contribution in [-0.2, 0) is 20.1 Å². The van der Waals surface area contributed by atoms with E-state index in [0.717, 1.165) is 22.5 Å². The molecule has 9 aromatic rings. The summed E-state index contributed by atoms with van der Waals surface area (Å²) in [5.41, 5.74) is 10.2. The summed E-state index contributed by atoms with van der Waals surface area (Å²) in [6, 6.07) is 47.1. The maximum Gasteiger partial charge on any atom is 0.0449 e. The molecule has 0 bridgehead atoms. The van der Waals surface area contributed by atoms with Gasteiger partial charge >= 0.3 is 0 Å². The van der Waals surface area contributed by atoms with Crippen LogP contribution >= 0.6 is 22.7 Å². The fraction of sp³-hybridized carbons (Fsp3) is 0.0698. The van der Waals surface area contributed by atoms with Gasteiger partial charge in [-0.05, 0) is 66.2 Å². The van der Waals surface area contributed by atoms with Gasteiger partial charge < -0.3 is 9.97 Å². The maximum atomic E-state index is 4.63. The van der Waals surface area contributed by atoms with Gasteiger partial charge in [-0.3, -0.25) is 0 Å². The number of nitrogens with zero attached hydrogens (tertiary/aromatic N) is 2. The topological polar surface area (TPSA) is 25.8 Å². The van der Waals surface area contributed by atoms with Gasteiger partial charge in [0, 0.05) is 72.8 Å². The van der Waals surface area contributed by atoms with Crippen LogP contribution in [0.15, 0.2) is 128 Å². The Labute approximate surface area is 302 Å². The summed E-state index contributed by atoms with van der Waals surface area (Å²) in [5, 5.41) is 5.39. The van der Waals surface area contributed by atoms with Gasteiger partial charge in [-0.15, -0.1) is 94.0 Å². The van der Waals surface area contributed by atoms with Crippen LogP contribution in [0.25, 0.3) is 74.0 Å². The zero-order valence-corrected chi connectivity index (χ0v) is 30.7. The minimum atomic E-state index is 0. The molecule has 0 spiro atoms. The molecule has 0 aliphatic carbocycles. The van der Waals surface area contributed by atoms with Crippen molar-refractivity contribution in [1.29, 1.82) is 0 Å². The van der Waals surface area contributed by atoms with Crippen LogP contribution in [0.5, 0.6) is 0 Å². The second-order valence-electron chi connectivity index (χ2n) is 11.8. The largest absolute Gasteiger partial charge is 0.305 e. The van der Waals surface area contributed by atoms with Crippen LogP contribution in [0.4, 0.5) is 0 Å². The molecule has 0 atom stereocenters. The van der Waals surface area contributed by atoms with Crippen molar-refractivity contribution in [2.45, 2.75) is 20.8 Å². The number of aromatic nitrogens is 2. The Hall–Kier alpha value is -4.51. The van der Waals surface area contributed by atoms with Crippen molar-refractivity contribution in [3.8, 4) is 33.6 Å². The van der Waals surface area contributed by atoms with Crippen molar-refractivity contribution in [2.24, 2.45) is 0 Å². The predicted octanol–water partition coefficient (Wildman–Crippen LogP) is 12.4. The number of fused-ring (bicyclic) bond motifs is 7. The van der Waals surface area contributed by atoms with E-state index < -0.39 is 0 Å². The molecule has 0 aliphatic rings. The Bertz CT molecular complexity index is 2550. The standard InChI is InChI=1S/C29H16NS2.C14H14N.Ir/c1-2-8-18(9-3-1)24-16-19(14-15-30-24)22-17-23-20-10-4-6-12-25(20)31-29(23)27-21-11-5-7-13-26(21)32-28(22)27;1-10-4-6-13(7-5-10)14-8-11(2)12(3)9-15-14;/h1-8,10-17H;4-6,8-9H,1-3H3;/q2*-1;. The van der Waals surface area contributed by atoms with Gasteiger partial charge in [0.15, 0.2) is 0 Å². The second kappa shape index (κ2) is 13.5. The fourth-order valence-electron chi connectivity index (χ4n) is 6.01. The summed E-state index contributed by atoms with van der Waals surface area (Å²) in [7, 11) is 0. The summed E-state index contributed by atoms with van der Waals surface area (Å²) in [6.07, 6.45) is 3.83. The van der Waals surface area contributed by atoms with Crippen LogP contribution in [0, 0.1) is 32.9 Å². The van der Waals surface area contributed by atoms with Crippen LogP contribution in [0.3, 0.4) is 0 Å². The molecular weight excluding hydrogens is 801 g/mol. The molecule has 9 rings (SSSR count). The molecule has 0 fully saturated rings. The molecule has 5 heteroatoms. The van der Waals surface area contributed by atoms with E-state index in [-0.39, 0.29) is 20.1 Å². The summed E-state index contributed by atoms with van der Waals surface area (Å²) < 4.78 is 5.40. The van der Waals surface area contributed by atoms with Gasteiger partial charge in [-0.2, -0.15) is 0 Å². The summed E-state index contributed by atoms with van der Waals surface area (Å²) in [4.78, 5) is 9.04. The van der Waals surface area contributed by atoms with Gasteiger partial charge in [0.2, 0.25) is 0 Å². The number of pyridine rings is 2. The summed E-state index contributed by atoms with van der Waals surface area (Å²) in [6.45, 7) is 6.24. The molecule has 0 saturated carbocycles. The molecule has 4 heterocycles. The molecule has 0 unspecified atom stereocenters. The van der Waals surface area contributed by atoms with Crippen LogP contribution < -0.4 is 0 Å². The van der Waals surface area contributed by atoms with Gasteiger partial charge in [0.1, 0.15) is 0 Å². The van der Waals surface area contributed by atoms with Crippen LogP contribution in [0.1, 0.15) is 16.7 Å². The van der Waals surface area contributed by atoms with Crippen molar-refractivity contribution < 1.29 is 20.1 Å². The van der Waals surface area contributed by atoms with Crippen molar-refractivity contribution in [3.63, 3.8) is 0 Å². The normalized spacial score (nSPS) is 11.1. The zero-order valence-electron chi connectivity index (χ0n) is 26.7.